The number of carbonyl (C=O) groups excluding carboxylic acids is 2. The fourth-order valence-electron chi connectivity index (χ4n) is 3.85. The lowest BCUT2D eigenvalue weighted by molar-refractivity contribution is -0.131. The maximum atomic E-state index is 13.3. The van der Waals surface area contributed by atoms with Crippen LogP contribution in [0.1, 0.15) is 54.3 Å². The first kappa shape index (κ1) is 29.5. The van der Waals surface area contributed by atoms with E-state index >= 15 is 0 Å². The van der Waals surface area contributed by atoms with E-state index < -0.39 is 24.1 Å². The average Bonchev–Trinajstić information content (AvgIpc) is 3.71. The van der Waals surface area contributed by atoms with Gasteiger partial charge in [-0.05, 0) is 24.8 Å². The van der Waals surface area contributed by atoms with Gasteiger partial charge in [-0.2, -0.15) is 0 Å². The highest BCUT2D eigenvalue weighted by Crippen LogP contribution is 2.32. The Kier molecular flexibility index (Phi) is 9.74. The number of nitrogens with one attached hydrogen (secondary N) is 2. The molecule has 4 atom stereocenters. The molecule has 2 amide bonds. The average molecular weight is 599 g/mol. The first-order chi connectivity index (χ1) is 19.2. The lowest BCUT2D eigenvalue weighted by Crippen LogP contribution is -2.54. The quantitative estimate of drug-likeness (QED) is 0.187. The summed E-state index contributed by atoms with van der Waals surface area (Å²) < 4.78 is 0. The lowest BCUT2D eigenvalue weighted by Gasteiger charge is -2.26. The first-order valence-corrected chi connectivity index (χ1v) is 15.3. The second kappa shape index (κ2) is 13.2. The van der Waals surface area contributed by atoms with Gasteiger partial charge in [-0.1, -0.05) is 50.6 Å². The topological polar surface area (TPSA) is 160 Å². The monoisotopic (exact) mass is 598 g/mol. The maximum Gasteiger partial charge on any atom is 0.355 e. The standard InChI is InChI=1S/C27H30N6O4S3/c1-4-14(2)21(33-22(34)17(28)10-16-8-6-5-7-9-16)23(35)29-15(3)24-30-18(11-38-24)25-31-19(12-39-25)26-32-20(13-40-26)27(36)37/h5-9,11-15,17,21H,4,10,28H2,1-3H3,(H,29,35)(H,33,34)(H,36,37)/t14-,15+,17+,21-/m0/s1. The van der Waals surface area contributed by atoms with Gasteiger partial charge in [0.05, 0.1) is 12.1 Å². The first-order valence-electron chi connectivity index (χ1n) is 12.7. The van der Waals surface area contributed by atoms with Crippen molar-refractivity contribution in [2.24, 2.45) is 11.7 Å². The molecule has 3 aromatic heterocycles. The van der Waals surface area contributed by atoms with Crippen molar-refractivity contribution in [3.05, 3.63) is 62.7 Å². The minimum Gasteiger partial charge on any atom is -0.476 e. The van der Waals surface area contributed by atoms with Crippen molar-refractivity contribution in [3.8, 4) is 21.4 Å². The molecule has 0 bridgehead atoms. The van der Waals surface area contributed by atoms with E-state index in [1.54, 1.807) is 0 Å². The van der Waals surface area contributed by atoms with Gasteiger partial charge < -0.3 is 21.5 Å². The van der Waals surface area contributed by atoms with E-state index in [1.807, 2.05) is 61.9 Å². The van der Waals surface area contributed by atoms with Crippen LogP contribution in [0.15, 0.2) is 46.5 Å². The molecular weight excluding hydrogens is 569 g/mol. The summed E-state index contributed by atoms with van der Waals surface area (Å²) in [5.41, 5.74) is 8.34. The number of aromatic carboxylic acids is 1. The minimum absolute atomic E-state index is 0.0138. The lowest BCUT2D eigenvalue weighted by atomic mass is 9.97. The number of carboxylic acid groups (broad SMARTS) is 1. The fourth-order valence-corrected chi connectivity index (χ4v) is 6.33. The van der Waals surface area contributed by atoms with Crippen LogP contribution in [0.3, 0.4) is 0 Å². The van der Waals surface area contributed by atoms with E-state index in [0.29, 0.717) is 39.3 Å². The molecule has 13 heteroatoms. The molecule has 10 nitrogen and oxygen atoms in total. The van der Waals surface area contributed by atoms with Crippen LogP contribution in [0.25, 0.3) is 21.4 Å². The predicted octanol–water partition coefficient (Wildman–Crippen LogP) is 4.37. The van der Waals surface area contributed by atoms with Crippen molar-refractivity contribution in [2.75, 3.05) is 0 Å². The number of hydrogen-bond donors (Lipinski definition) is 4. The largest absolute Gasteiger partial charge is 0.476 e. The third-order valence-electron chi connectivity index (χ3n) is 6.35. The molecule has 0 aliphatic carbocycles. The van der Waals surface area contributed by atoms with Gasteiger partial charge in [0.2, 0.25) is 11.8 Å². The Bertz CT molecular complexity index is 1470. The van der Waals surface area contributed by atoms with Gasteiger partial charge in [0, 0.05) is 16.1 Å². The Balaban J connectivity index is 1.40. The van der Waals surface area contributed by atoms with Gasteiger partial charge in [-0.15, -0.1) is 34.0 Å². The number of carbonyl (C=O) groups is 3. The second-order valence-electron chi connectivity index (χ2n) is 9.35. The summed E-state index contributed by atoms with van der Waals surface area (Å²) in [5, 5.41) is 22.0. The Morgan fingerprint density at radius 1 is 0.900 bits per heavy atom. The van der Waals surface area contributed by atoms with Crippen LogP contribution in [-0.4, -0.2) is 49.9 Å². The molecule has 0 radical (unpaired) electrons. The van der Waals surface area contributed by atoms with Crippen molar-refractivity contribution in [3.63, 3.8) is 0 Å². The van der Waals surface area contributed by atoms with Gasteiger partial charge in [-0.25, -0.2) is 19.7 Å². The Hall–Kier alpha value is -3.52. The molecule has 0 saturated carbocycles. The maximum absolute atomic E-state index is 13.3. The molecule has 0 spiro atoms. The van der Waals surface area contributed by atoms with Crippen molar-refractivity contribution in [1.29, 1.82) is 0 Å². The molecule has 4 rings (SSSR count). The summed E-state index contributed by atoms with van der Waals surface area (Å²) in [6.45, 7) is 5.72. The summed E-state index contributed by atoms with van der Waals surface area (Å²) in [6, 6.07) is 7.61. The highest BCUT2D eigenvalue weighted by molar-refractivity contribution is 7.16. The molecule has 0 aliphatic heterocycles. The molecule has 0 aliphatic rings. The zero-order valence-electron chi connectivity index (χ0n) is 22.2. The predicted molar refractivity (Wildman–Crippen MR) is 157 cm³/mol. The van der Waals surface area contributed by atoms with Crippen LogP contribution in [0, 0.1) is 5.92 Å². The summed E-state index contributed by atoms with van der Waals surface area (Å²) >= 11 is 4.00. The van der Waals surface area contributed by atoms with Gasteiger partial charge in [0.25, 0.3) is 0 Å². The summed E-state index contributed by atoms with van der Waals surface area (Å²) in [7, 11) is 0. The molecule has 0 saturated heterocycles. The van der Waals surface area contributed by atoms with Gasteiger partial charge >= 0.3 is 5.97 Å². The molecule has 40 heavy (non-hydrogen) atoms. The second-order valence-corrected chi connectivity index (χ2v) is 12.0. The number of hydrogen-bond acceptors (Lipinski definition) is 10. The zero-order valence-corrected chi connectivity index (χ0v) is 24.6. The van der Waals surface area contributed by atoms with Crippen molar-refractivity contribution >= 4 is 51.8 Å². The van der Waals surface area contributed by atoms with Crippen LogP contribution in [0.4, 0.5) is 0 Å². The Labute approximate surface area is 243 Å². The zero-order chi connectivity index (χ0) is 28.8. The number of carboxylic acids is 1. The normalized spacial score (nSPS) is 14.2. The van der Waals surface area contributed by atoms with E-state index in [0.717, 1.165) is 5.56 Å². The summed E-state index contributed by atoms with van der Waals surface area (Å²) in [5.74, 6) is -1.85. The number of rotatable bonds is 12. The van der Waals surface area contributed by atoms with Crippen LogP contribution < -0.4 is 16.4 Å². The Morgan fingerprint density at radius 2 is 1.55 bits per heavy atom. The summed E-state index contributed by atoms with van der Waals surface area (Å²) in [6.07, 6.45) is 1.07. The number of thiazole rings is 3. The molecule has 210 valence electrons. The number of aromatic nitrogens is 3. The van der Waals surface area contributed by atoms with E-state index in [9.17, 15) is 14.4 Å². The van der Waals surface area contributed by atoms with Crippen LogP contribution in [0.5, 0.6) is 0 Å². The summed E-state index contributed by atoms with van der Waals surface area (Å²) in [4.78, 5) is 50.6. The molecule has 3 heterocycles. The number of benzene rings is 1. The number of nitrogens with two attached hydrogens (primary N) is 1. The number of nitrogens with zero attached hydrogens (tertiary/aromatic N) is 3. The van der Waals surface area contributed by atoms with Gasteiger partial charge in [-0.3, -0.25) is 9.59 Å². The third-order valence-corrected chi connectivity index (χ3v) is 9.10. The van der Waals surface area contributed by atoms with Crippen LogP contribution in [0.2, 0.25) is 0 Å². The number of amides is 2. The van der Waals surface area contributed by atoms with E-state index in [1.165, 1.54) is 39.4 Å². The third kappa shape index (κ3) is 7.16. The highest BCUT2D eigenvalue weighted by Gasteiger charge is 2.29. The highest BCUT2D eigenvalue weighted by atomic mass is 32.1. The SMILES string of the molecule is CC[C@H](C)[C@H](NC(=O)[C@H](N)Cc1ccccc1)C(=O)N[C@H](C)c1nc(-c2nc(-c3nc(C(=O)O)cs3)cs2)cs1. The van der Waals surface area contributed by atoms with Crippen LogP contribution in [-0.2, 0) is 16.0 Å². The molecule has 5 N–H and O–H groups in total. The van der Waals surface area contributed by atoms with E-state index in [-0.39, 0.29) is 23.4 Å². The molecule has 1 aromatic carbocycles. The molecule has 0 unspecified atom stereocenters. The molecule has 4 aromatic rings. The van der Waals surface area contributed by atoms with Crippen molar-refractivity contribution < 1.29 is 19.5 Å². The smallest absolute Gasteiger partial charge is 0.355 e. The van der Waals surface area contributed by atoms with Crippen molar-refractivity contribution in [1.82, 2.24) is 25.6 Å². The molecular formula is C27H30N6O4S3. The minimum atomic E-state index is -1.08. The van der Waals surface area contributed by atoms with Gasteiger partial charge in [0.15, 0.2) is 5.69 Å². The Morgan fingerprint density at radius 3 is 2.23 bits per heavy atom. The fraction of sp³-hybridized carbons (Fsp3) is 0.333. The van der Waals surface area contributed by atoms with E-state index in [4.69, 9.17) is 10.8 Å². The molecule has 0 fully saturated rings. The van der Waals surface area contributed by atoms with Gasteiger partial charge in [0.1, 0.15) is 32.5 Å². The van der Waals surface area contributed by atoms with E-state index in [2.05, 4.69) is 25.6 Å². The van der Waals surface area contributed by atoms with Crippen LogP contribution >= 0.6 is 34.0 Å². The van der Waals surface area contributed by atoms with Crippen molar-refractivity contribution in [2.45, 2.75) is 51.7 Å².